The van der Waals surface area contributed by atoms with Crippen molar-refractivity contribution in [1.29, 1.82) is 0 Å². The van der Waals surface area contributed by atoms with Crippen LogP contribution in [0.4, 0.5) is 22.0 Å². The lowest BCUT2D eigenvalue weighted by molar-refractivity contribution is 0.0418. The maximum Gasteiger partial charge on any atom is 0.339 e. The van der Waals surface area contributed by atoms with Crippen LogP contribution in [0.15, 0.2) is 24.3 Å². The summed E-state index contributed by atoms with van der Waals surface area (Å²) in [6, 6.07) is 5.77. The van der Waals surface area contributed by atoms with E-state index in [0.29, 0.717) is 6.42 Å². The first-order valence-electron chi connectivity index (χ1n) is 12.9. The zero-order chi connectivity index (χ0) is 27.9. The van der Waals surface area contributed by atoms with Crippen LogP contribution in [-0.2, 0) is 9.47 Å². The minimum absolute atomic E-state index is 0.0229. The molecule has 0 aromatic heterocycles. The first-order valence-corrected chi connectivity index (χ1v) is 12.9. The molecule has 2 aromatic rings. The largest absolute Gasteiger partial charge is 0.484 e. The van der Waals surface area contributed by atoms with E-state index < -0.39 is 60.0 Å². The number of rotatable bonds is 17. The monoisotopic (exact) mass is 544 g/mol. The molecule has 0 fully saturated rings. The molecule has 0 radical (unpaired) electrons. The van der Waals surface area contributed by atoms with E-state index in [1.807, 2.05) is 0 Å². The van der Waals surface area contributed by atoms with Crippen molar-refractivity contribution < 1.29 is 45.8 Å². The summed E-state index contributed by atoms with van der Waals surface area (Å²) in [7, 11) is 0. The van der Waals surface area contributed by atoms with Gasteiger partial charge in [-0.1, -0.05) is 76.8 Å². The number of halogens is 5. The number of ether oxygens (including phenoxy) is 3. The van der Waals surface area contributed by atoms with Gasteiger partial charge in [-0.3, -0.25) is 0 Å². The Morgan fingerprint density at radius 2 is 1.00 bits per heavy atom. The third kappa shape index (κ3) is 9.29. The lowest BCUT2D eigenvalue weighted by atomic mass is 10.1. The van der Waals surface area contributed by atoms with Gasteiger partial charge in [-0.15, -0.1) is 0 Å². The van der Waals surface area contributed by atoms with E-state index in [2.05, 4.69) is 11.7 Å². The summed E-state index contributed by atoms with van der Waals surface area (Å²) in [5, 5.41) is 0. The second-order valence-corrected chi connectivity index (χ2v) is 8.75. The second-order valence-electron chi connectivity index (χ2n) is 8.75. The van der Waals surface area contributed by atoms with Crippen molar-refractivity contribution in [3.8, 4) is 5.75 Å². The van der Waals surface area contributed by atoms with Gasteiger partial charge < -0.3 is 14.2 Å². The zero-order valence-corrected chi connectivity index (χ0v) is 21.4. The standard InChI is InChI=1S/C28H33F5O5/c1-2-3-4-5-6-7-8-9-10-13-16-37-27(34)19-14-11-12-15-20(19)28(35)38-18-17-36-26-24(32)22(30)21(29)23(31)25(26)33/h11-12,14-15H,2-10,13,16-18H2,1H3. The predicted molar refractivity (Wildman–Crippen MR) is 131 cm³/mol. The number of hydrogen-bond donors (Lipinski definition) is 0. The topological polar surface area (TPSA) is 61.8 Å². The predicted octanol–water partition coefficient (Wildman–Crippen LogP) is 7.70. The van der Waals surface area contributed by atoms with Crippen molar-refractivity contribution in [1.82, 2.24) is 0 Å². The van der Waals surface area contributed by atoms with E-state index in [1.165, 1.54) is 56.7 Å². The fourth-order valence-corrected chi connectivity index (χ4v) is 3.74. The number of benzene rings is 2. The van der Waals surface area contributed by atoms with Gasteiger partial charge in [0.2, 0.25) is 29.1 Å². The number of carbonyl (C=O) groups is 2. The molecule has 0 bridgehead atoms. The Labute approximate surface area is 219 Å². The van der Waals surface area contributed by atoms with Crippen molar-refractivity contribution in [2.75, 3.05) is 19.8 Å². The molecule has 210 valence electrons. The molecule has 0 aliphatic heterocycles. The van der Waals surface area contributed by atoms with Crippen molar-refractivity contribution in [2.45, 2.75) is 71.1 Å². The lowest BCUT2D eigenvalue weighted by Gasteiger charge is -2.12. The minimum Gasteiger partial charge on any atom is -0.484 e. The van der Waals surface area contributed by atoms with Crippen LogP contribution < -0.4 is 4.74 Å². The Morgan fingerprint density at radius 1 is 0.579 bits per heavy atom. The Morgan fingerprint density at radius 3 is 1.50 bits per heavy atom. The van der Waals surface area contributed by atoms with E-state index in [4.69, 9.17) is 9.47 Å². The number of hydrogen-bond acceptors (Lipinski definition) is 5. The van der Waals surface area contributed by atoms with Crippen LogP contribution in [0.3, 0.4) is 0 Å². The molecule has 0 saturated heterocycles. The van der Waals surface area contributed by atoms with Crippen LogP contribution in [-0.4, -0.2) is 31.8 Å². The van der Waals surface area contributed by atoms with E-state index in [1.54, 1.807) is 6.07 Å². The van der Waals surface area contributed by atoms with Gasteiger partial charge in [0.05, 0.1) is 17.7 Å². The maximum atomic E-state index is 13.6. The van der Waals surface area contributed by atoms with Crippen LogP contribution in [0.1, 0.15) is 91.8 Å². The molecule has 2 aromatic carbocycles. The molecule has 0 spiro atoms. The first kappa shape index (κ1) is 31.1. The molecule has 10 heteroatoms. The fraction of sp³-hybridized carbons (Fsp3) is 0.500. The van der Waals surface area contributed by atoms with Crippen molar-refractivity contribution in [3.63, 3.8) is 0 Å². The third-order valence-electron chi connectivity index (χ3n) is 5.83. The van der Waals surface area contributed by atoms with Gasteiger partial charge in [0.1, 0.15) is 13.2 Å². The van der Waals surface area contributed by atoms with E-state index >= 15 is 0 Å². The fourth-order valence-electron chi connectivity index (χ4n) is 3.74. The molecule has 0 amide bonds. The SMILES string of the molecule is CCCCCCCCCCCCOC(=O)c1ccccc1C(=O)OCCOc1c(F)c(F)c(F)c(F)c1F. The second kappa shape index (κ2) is 16.6. The molecule has 0 N–H and O–H groups in total. The molecule has 2 rings (SSSR count). The molecule has 0 unspecified atom stereocenters. The quantitative estimate of drug-likeness (QED) is 0.0672. The van der Waals surface area contributed by atoms with Crippen LogP contribution in [0.2, 0.25) is 0 Å². The third-order valence-corrected chi connectivity index (χ3v) is 5.83. The number of esters is 2. The van der Waals surface area contributed by atoms with E-state index in [-0.39, 0.29) is 17.7 Å². The normalized spacial score (nSPS) is 10.9. The number of carbonyl (C=O) groups excluding carboxylic acids is 2. The van der Waals surface area contributed by atoms with Gasteiger partial charge in [0.25, 0.3) is 0 Å². The van der Waals surface area contributed by atoms with Crippen molar-refractivity contribution >= 4 is 11.9 Å². The van der Waals surface area contributed by atoms with Gasteiger partial charge in [-0.2, -0.15) is 8.78 Å². The van der Waals surface area contributed by atoms with Crippen LogP contribution in [0.5, 0.6) is 5.75 Å². The summed E-state index contributed by atoms with van der Waals surface area (Å²) in [6.45, 7) is 1.11. The molecule has 38 heavy (non-hydrogen) atoms. The Hall–Kier alpha value is -3.17. The summed E-state index contributed by atoms with van der Waals surface area (Å²) in [5.41, 5.74) is -0.123. The van der Waals surface area contributed by atoms with Crippen LogP contribution >= 0.6 is 0 Å². The van der Waals surface area contributed by atoms with Gasteiger partial charge in [0.15, 0.2) is 5.75 Å². The molecular formula is C28H33F5O5. The maximum absolute atomic E-state index is 13.6. The van der Waals surface area contributed by atoms with Gasteiger partial charge in [-0.25, -0.2) is 22.8 Å². The molecular weight excluding hydrogens is 511 g/mol. The highest BCUT2D eigenvalue weighted by Gasteiger charge is 2.27. The van der Waals surface area contributed by atoms with Crippen LogP contribution in [0, 0.1) is 29.1 Å². The van der Waals surface area contributed by atoms with E-state index in [9.17, 15) is 31.5 Å². The summed E-state index contributed by atoms with van der Waals surface area (Å²) in [5.74, 6) is -14.0. The Kier molecular flexibility index (Phi) is 13.6. The highest BCUT2D eigenvalue weighted by Crippen LogP contribution is 2.29. The average Bonchev–Trinajstić information content (AvgIpc) is 2.93. The summed E-state index contributed by atoms with van der Waals surface area (Å²) in [6.07, 6.45) is 11.3. The smallest absolute Gasteiger partial charge is 0.339 e. The number of unbranched alkanes of at least 4 members (excludes halogenated alkanes) is 9. The Balaban J connectivity index is 1.75. The molecule has 5 nitrogen and oxygen atoms in total. The van der Waals surface area contributed by atoms with Gasteiger partial charge >= 0.3 is 11.9 Å². The minimum atomic E-state index is -2.31. The molecule has 0 atom stereocenters. The van der Waals surface area contributed by atoms with E-state index in [0.717, 1.165) is 19.3 Å². The molecule has 0 heterocycles. The Bertz CT molecular complexity index is 1030. The summed E-state index contributed by atoms with van der Waals surface area (Å²) >= 11 is 0. The van der Waals surface area contributed by atoms with Crippen molar-refractivity contribution in [2.24, 2.45) is 0 Å². The highest BCUT2D eigenvalue weighted by molar-refractivity contribution is 6.03. The molecule has 0 saturated carbocycles. The van der Waals surface area contributed by atoms with Gasteiger partial charge in [0, 0.05) is 0 Å². The summed E-state index contributed by atoms with van der Waals surface area (Å²) < 4.78 is 81.7. The highest BCUT2D eigenvalue weighted by atomic mass is 19.2. The molecule has 0 aliphatic carbocycles. The van der Waals surface area contributed by atoms with Crippen LogP contribution in [0.25, 0.3) is 0 Å². The summed E-state index contributed by atoms with van der Waals surface area (Å²) in [4.78, 5) is 24.9. The molecule has 0 aliphatic rings. The van der Waals surface area contributed by atoms with Gasteiger partial charge in [-0.05, 0) is 18.6 Å². The first-order chi connectivity index (χ1) is 18.3. The zero-order valence-electron chi connectivity index (χ0n) is 21.4. The van der Waals surface area contributed by atoms with Crippen molar-refractivity contribution in [3.05, 3.63) is 64.5 Å². The lowest BCUT2D eigenvalue weighted by Crippen LogP contribution is -2.17. The average molecular weight is 545 g/mol.